The highest BCUT2D eigenvalue weighted by Gasteiger charge is 2.30. The van der Waals surface area contributed by atoms with Crippen LogP contribution in [0.2, 0.25) is 0 Å². The van der Waals surface area contributed by atoms with Crippen LogP contribution in [0.25, 0.3) is 0 Å². The van der Waals surface area contributed by atoms with Crippen molar-refractivity contribution in [3.63, 3.8) is 0 Å². The lowest BCUT2D eigenvalue weighted by molar-refractivity contribution is 0.0984. The maximum Gasteiger partial charge on any atom is 0.317 e. The number of hydrogen-bond donors (Lipinski definition) is 1. The van der Waals surface area contributed by atoms with Crippen molar-refractivity contribution in [1.82, 2.24) is 20.0 Å². The normalized spacial score (nSPS) is 15.9. The van der Waals surface area contributed by atoms with Gasteiger partial charge in [-0.15, -0.1) is 0 Å². The molecule has 7 nitrogen and oxygen atoms in total. The van der Waals surface area contributed by atoms with E-state index >= 15 is 0 Å². The molecule has 3 amide bonds. The molecule has 188 valence electrons. The van der Waals surface area contributed by atoms with Crippen LogP contribution in [0.1, 0.15) is 59.4 Å². The van der Waals surface area contributed by atoms with Crippen LogP contribution in [0.3, 0.4) is 0 Å². The molecular weight excluding hydrogens is 457 g/mol. The summed E-state index contributed by atoms with van der Waals surface area (Å²) in [4.78, 5) is 30.1. The zero-order valence-electron chi connectivity index (χ0n) is 20.6. The standard InChI is InChI=1S/C28H32FN5O2/c1-32-26-16-17-33(28(36)30-22-8-4-2-5-9-22)18-24(26)25(31-32)19-34(23-10-6-3-7-11-23)27(35)20-12-14-21(29)15-13-20/h3,6-7,10-15,22H,2,4-5,8-9,16-19H2,1H3,(H,30,36). The lowest BCUT2D eigenvalue weighted by Crippen LogP contribution is -2.47. The number of urea groups is 1. The lowest BCUT2D eigenvalue weighted by atomic mass is 9.95. The Kier molecular flexibility index (Phi) is 7.02. The predicted molar refractivity (Wildman–Crippen MR) is 136 cm³/mol. The number of fused-ring (bicyclic) bond motifs is 1. The van der Waals surface area contributed by atoms with Gasteiger partial charge in [0.1, 0.15) is 5.82 Å². The largest absolute Gasteiger partial charge is 0.335 e. The van der Waals surface area contributed by atoms with Gasteiger partial charge in [-0.25, -0.2) is 9.18 Å². The first kappa shape index (κ1) is 24.0. The van der Waals surface area contributed by atoms with Gasteiger partial charge >= 0.3 is 6.03 Å². The van der Waals surface area contributed by atoms with E-state index in [1.54, 1.807) is 4.90 Å². The Morgan fingerprint density at radius 3 is 2.50 bits per heavy atom. The first-order chi connectivity index (χ1) is 17.5. The molecule has 2 aliphatic rings. The number of nitrogens with one attached hydrogen (secondary N) is 1. The minimum absolute atomic E-state index is 0.0235. The van der Waals surface area contributed by atoms with Gasteiger partial charge in [-0.3, -0.25) is 9.48 Å². The number of rotatable bonds is 5. The molecule has 0 saturated heterocycles. The van der Waals surface area contributed by atoms with Crippen molar-refractivity contribution in [3.8, 4) is 0 Å². The molecule has 1 aliphatic carbocycles. The van der Waals surface area contributed by atoms with Crippen LogP contribution in [0.4, 0.5) is 14.9 Å². The molecule has 1 fully saturated rings. The minimum Gasteiger partial charge on any atom is -0.335 e. The summed E-state index contributed by atoms with van der Waals surface area (Å²) in [6.45, 7) is 1.35. The molecule has 0 spiro atoms. The van der Waals surface area contributed by atoms with Crippen molar-refractivity contribution >= 4 is 17.6 Å². The minimum atomic E-state index is -0.386. The van der Waals surface area contributed by atoms with E-state index in [0.29, 0.717) is 25.1 Å². The predicted octanol–water partition coefficient (Wildman–Crippen LogP) is 4.81. The molecule has 0 unspecified atom stereocenters. The van der Waals surface area contributed by atoms with Crippen molar-refractivity contribution in [2.24, 2.45) is 7.05 Å². The molecule has 2 aromatic carbocycles. The number of para-hydroxylation sites is 1. The molecule has 2 heterocycles. The highest BCUT2D eigenvalue weighted by Crippen LogP contribution is 2.27. The summed E-state index contributed by atoms with van der Waals surface area (Å²) in [5, 5.41) is 7.98. The van der Waals surface area contributed by atoms with E-state index in [4.69, 9.17) is 5.10 Å². The van der Waals surface area contributed by atoms with E-state index in [2.05, 4.69) is 5.32 Å². The van der Waals surface area contributed by atoms with E-state index in [9.17, 15) is 14.0 Å². The molecule has 1 saturated carbocycles. The second kappa shape index (κ2) is 10.5. The topological polar surface area (TPSA) is 70.5 Å². The Bertz CT molecular complexity index is 1220. The fourth-order valence-corrected chi connectivity index (χ4v) is 5.27. The zero-order chi connectivity index (χ0) is 25.1. The molecule has 5 rings (SSSR count). The number of carbonyl (C=O) groups excluding carboxylic acids is 2. The number of aromatic nitrogens is 2. The maximum absolute atomic E-state index is 13.5. The third-order valence-electron chi connectivity index (χ3n) is 7.26. The van der Waals surface area contributed by atoms with Crippen LogP contribution in [0.5, 0.6) is 0 Å². The second-order valence-corrected chi connectivity index (χ2v) is 9.69. The fraction of sp³-hybridized carbons (Fsp3) is 0.393. The van der Waals surface area contributed by atoms with Gasteiger partial charge in [0.25, 0.3) is 5.91 Å². The van der Waals surface area contributed by atoms with Gasteiger partial charge in [0.05, 0.1) is 18.8 Å². The lowest BCUT2D eigenvalue weighted by Gasteiger charge is -2.31. The van der Waals surface area contributed by atoms with Crippen LogP contribution in [-0.2, 0) is 26.6 Å². The van der Waals surface area contributed by atoms with Crippen LogP contribution < -0.4 is 10.2 Å². The molecule has 36 heavy (non-hydrogen) atoms. The number of nitrogens with zero attached hydrogens (tertiary/aromatic N) is 4. The van der Waals surface area contributed by atoms with E-state index in [0.717, 1.165) is 35.5 Å². The first-order valence-electron chi connectivity index (χ1n) is 12.7. The number of hydrogen-bond acceptors (Lipinski definition) is 3. The fourth-order valence-electron chi connectivity index (χ4n) is 5.27. The van der Waals surface area contributed by atoms with Gasteiger partial charge in [0, 0.05) is 48.6 Å². The number of aryl methyl sites for hydroxylation is 1. The number of amides is 3. The number of anilines is 1. The Hall–Kier alpha value is -3.68. The van der Waals surface area contributed by atoms with Crippen molar-refractivity contribution in [1.29, 1.82) is 0 Å². The zero-order valence-corrected chi connectivity index (χ0v) is 20.6. The Labute approximate surface area is 210 Å². The van der Waals surface area contributed by atoms with Crippen molar-refractivity contribution in [2.75, 3.05) is 11.4 Å². The third kappa shape index (κ3) is 5.12. The molecule has 0 atom stereocenters. The number of halogens is 1. The van der Waals surface area contributed by atoms with Gasteiger partial charge in [0.15, 0.2) is 0 Å². The van der Waals surface area contributed by atoms with Crippen LogP contribution in [0.15, 0.2) is 54.6 Å². The maximum atomic E-state index is 13.5. The molecule has 0 bridgehead atoms. The summed E-state index contributed by atoms with van der Waals surface area (Å²) in [5.74, 6) is -0.619. The summed E-state index contributed by atoms with van der Waals surface area (Å²) < 4.78 is 15.4. The number of carbonyl (C=O) groups is 2. The second-order valence-electron chi connectivity index (χ2n) is 9.69. The van der Waals surface area contributed by atoms with Crippen LogP contribution in [0, 0.1) is 5.82 Å². The molecule has 0 radical (unpaired) electrons. The number of benzene rings is 2. The van der Waals surface area contributed by atoms with Crippen LogP contribution >= 0.6 is 0 Å². The molecule has 8 heteroatoms. The summed E-state index contributed by atoms with van der Waals surface area (Å²) in [6, 6.07) is 15.2. The van der Waals surface area contributed by atoms with Gasteiger partial charge in [-0.05, 0) is 49.2 Å². The van der Waals surface area contributed by atoms with Crippen molar-refractivity contribution < 1.29 is 14.0 Å². The SMILES string of the molecule is Cn1nc(CN(C(=O)c2ccc(F)cc2)c2ccccc2)c2c1CCN(C(=O)NC1CCCCC1)C2. The smallest absolute Gasteiger partial charge is 0.317 e. The van der Waals surface area contributed by atoms with E-state index < -0.39 is 0 Å². The van der Waals surface area contributed by atoms with Crippen LogP contribution in [-0.4, -0.2) is 39.2 Å². The summed E-state index contributed by atoms with van der Waals surface area (Å²) >= 11 is 0. The highest BCUT2D eigenvalue weighted by atomic mass is 19.1. The molecule has 1 aromatic heterocycles. The van der Waals surface area contributed by atoms with Crippen molar-refractivity contribution in [2.45, 2.75) is 57.7 Å². The van der Waals surface area contributed by atoms with Gasteiger partial charge in [-0.2, -0.15) is 5.10 Å². The Balaban J connectivity index is 1.39. The third-order valence-corrected chi connectivity index (χ3v) is 7.26. The van der Waals surface area contributed by atoms with E-state index in [1.807, 2.05) is 47.0 Å². The molecular formula is C28H32FN5O2. The molecule has 3 aromatic rings. The first-order valence-corrected chi connectivity index (χ1v) is 12.7. The summed E-state index contributed by atoms with van der Waals surface area (Å²) in [5.41, 5.74) is 3.98. The van der Waals surface area contributed by atoms with Gasteiger partial charge < -0.3 is 15.1 Å². The van der Waals surface area contributed by atoms with Gasteiger partial charge in [-0.1, -0.05) is 37.5 Å². The van der Waals surface area contributed by atoms with E-state index in [1.165, 1.54) is 43.5 Å². The van der Waals surface area contributed by atoms with E-state index in [-0.39, 0.29) is 30.3 Å². The Morgan fingerprint density at radius 1 is 1.06 bits per heavy atom. The van der Waals surface area contributed by atoms with Crippen molar-refractivity contribution in [3.05, 3.63) is 82.9 Å². The monoisotopic (exact) mass is 489 g/mol. The Morgan fingerprint density at radius 2 is 1.78 bits per heavy atom. The highest BCUT2D eigenvalue weighted by molar-refractivity contribution is 6.06. The average molecular weight is 490 g/mol. The quantitative estimate of drug-likeness (QED) is 0.559. The molecule has 1 aliphatic heterocycles. The summed E-state index contributed by atoms with van der Waals surface area (Å²) in [7, 11) is 1.91. The molecule has 1 N–H and O–H groups in total. The van der Waals surface area contributed by atoms with Gasteiger partial charge in [0.2, 0.25) is 0 Å². The average Bonchev–Trinajstić information content (AvgIpc) is 3.22. The summed E-state index contributed by atoms with van der Waals surface area (Å²) in [6.07, 6.45) is 6.38.